The molecular formula is C15H26N2O4. The molecule has 2 N–H and O–H groups in total. The molecule has 0 aromatic heterocycles. The smallest absolute Gasteiger partial charge is 0.317 e. The average molecular weight is 298 g/mol. The summed E-state index contributed by atoms with van der Waals surface area (Å²) in [7, 11) is 3.26. The van der Waals surface area contributed by atoms with Crippen LogP contribution in [0.4, 0.5) is 4.79 Å². The zero-order valence-corrected chi connectivity index (χ0v) is 12.9. The Balaban J connectivity index is 1.71. The number of carbonyl (C=O) groups is 2. The molecule has 0 aliphatic heterocycles. The number of aliphatic carboxylic acids is 1. The van der Waals surface area contributed by atoms with Crippen LogP contribution in [0.3, 0.4) is 0 Å². The first-order valence-electron chi connectivity index (χ1n) is 7.73. The summed E-state index contributed by atoms with van der Waals surface area (Å²) in [6.45, 7) is 1.02. The minimum Gasteiger partial charge on any atom is -0.481 e. The van der Waals surface area contributed by atoms with Gasteiger partial charge < -0.3 is 20.1 Å². The van der Waals surface area contributed by atoms with Gasteiger partial charge >= 0.3 is 12.0 Å². The van der Waals surface area contributed by atoms with Crippen molar-refractivity contribution >= 4 is 12.0 Å². The molecule has 2 saturated carbocycles. The highest BCUT2D eigenvalue weighted by atomic mass is 16.5. The molecule has 0 heterocycles. The largest absolute Gasteiger partial charge is 0.481 e. The lowest BCUT2D eigenvalue weighted by molar-refractivity contribution is -0.139. The fourth-order valence-electron chi connectivity index (χ4n) is 3.80. The van der Waals surface area contributed by atoms with Gasteiger partial charge in [0.2, 0.25) is 0 Å². The van der Waals surface area contributed by atoms with Crippen LogP contribution in [0, 0.1) is 17.8 Å². The van der Waals surface area contributed by atoms with Crippen molar-refractivity contribution in [2.24, 2.45) is 17.8 Å². The van der Waals surface area contributed by atoms with Crippen molar-refractivity contribution in [2.75, 3.05) is 27.2 Å². The van der Waals surface area contributed by atoms with Gasteiger partial charge in [-0.15, -0.1) is 0 Å². The second kappa shape index (κ2) is 7.11. The second-order valence-corrected chi connectivity index (χ2v) is 6.46. The summed E-state index contributed by atoms with van der Waals surface area (Å²) in [5.41, 5.74) is 0. The first kappa shape index (κ1) is 16.1. The van der Waals surface area contributed by atoms with Gasteiger partial charge in [-0.1, -0.05) is 6.42 Å². The van der Waals surface area contributed by atoms with Gasteiger partial charge in [0.1, 0.15) is 0 Å². The van der Waals surface area contributed by atoms with Crippen molar-refractivity contribution in [1.29, 1.82) is 0 Å². The number of methoxy groups -OCH3 is 1. The number of hydrogen-bond donors (Lipinski definition) is 2. The van der Waals surface area contributed by atoms with E-state index in [1.165, 1.54) is 32.8 Å². The Hall–Kier alpha value is -1.30. The lowest BCUT2D eigenvalue weighted by Gasteiger charge is -2.27. The maximum atomic E-state index is 12.1. The number of carboxylic acids is 1. The SMILES string of the molecule is COC(CNC(=O)N(C)CC1CC2CCC1C2)CC(=O)O. The van der Waals surface area contributed by atoms with Gasteiger partial charge in [-0.3, -0.25) is 4.79 Å². The molecule has 6 nitrogen and oxygen atoms in total. The predicted molar refractivity (Wildman–Crippen MR) is 78.0 cm³/mol. The molecular weight excluding hydrogens is 272 g/mol. The van der Waals surface area contributed by atoms with Crippen LogP contribution in [0.15, 0.2) is 0 Å². The van der Waals surface area contributed by atoms with Gasteiger partial charge in [-0.25, -0.2) is 4.79 Å². The maximum Gasteiger partial charge on any atom is 0.317 e. The van der Waals surface area contributed by atoms with Crippen molar-refractivity contribution in [3.05, 3.63) is 0 Å². The Bertz CT molecular complexity index is 388. The van der Waals surface area contributed by atoms with E-state index in [0.29, 0.717) is 5.92 Å². The number of urea groups is 1. The Morgan fingerprint density at radius 1 is 1.38 bits per heavy atom. The molecule has 0 radical (unpaired) electrons. The van der Waals surface area contributed by atoms with E-state index in [0.717, 1.165) is 18.4 Å². The number of carboxylic acid groups (broad SMARTS) is 1. The Kier molecular flexibility index (Phi) is 5.45. The van der Waals surface area contributed by atoms with Gasteiger partial charge in [-0.2, -0.15) is 0 Å². The summed E-state index contributed by atoms with van der Waals surface area (Å²) >= 11 is 0. The van der Waals surface area contributed by atoms with Gasteiger partial charge in [-0.05, 0) is 37.0 Å². The van der Waals surface area contributed by atoms with E-state index in [4.69, 9.17) is 9.84 Å². The highest BCUT2D eigenvalue weighted by Crippen LogP contribution is 2.48. The number of nitrogens with zero attached hydrogens (tertiary/aromatic N) is 1. The molecule has 4 unspecified atom stereocenters. The second-order valence-electron chi connectivity index (χ2n) is 6.46. The third-order valence-electron chi connectivity index (χ3n) is 4.96. The highest BCUT2D eigenvalue weighted by Gasteiger charge is 2.40. The number of ether oxygens (including phenoxy) is 1. The van der Waals surface area contributed by atoms with Crippen molar-refractivity contribution in [1.82, 2.24) is 10.2 Å². The summed E-state index contributed by atoms with van der Waals surface area (Å²) in [6.07, 6.45) is 4.68. The zero-order valence-electron chi connectivity index (χ0n) is 12.9. The van der Waals surface area contributed by atoms with Crippen LogP contribution >= 0.6 is 0 Å². The van der Waals surface area contributed by atoms with Crippen molar-refractivity contribution in [2.45, 2.75) is 38.2 Å². The van der Waals surface area contributed by atoms with Crippen LogP contribution in [-0.4, -0.2) is 55.4 Å². The summed E-state index contributed by atoms with van der Waals surface area (Å²) in [4.78, 5) is 24.4. The lowest BCUT2D eigenvalue weighted by atomic mass is 9.88. The van der Waals surface area contributed by atoms with Crippen LogP contribution in [0.25, 0.3) is 0 Å². The number of fused-ring (bicyclic) bond motifs is 2. The van der Waals surface area contributed by atoms with E-state index >= 15 is 0 Å². The molecule has 0 saturated heterocycles. The van der Waals surface area contributed by atoms with E-state index in [2.05, 4.69) is 5.32 Å². The van der Waals surface area contributed by atoms with Gasteiger partial charge in [0.25, 0.3) is 0 Å². The quantitative estimate of drug-likeness (QED) is 0.747. The van der Waals surface area contributed by atoms with Crippen LogP contribution in [-0.2, 0) is 9.53 Å². The van der Waals surface area contributed by atoms with Crippen LogP contribution < -0.4 is 5.32 Å². The summed E-state index contributed by atoms with van der Waals surface area (Å²) in [6, 6.07) is -0.148. The Morgan fingerprint density at radius 2 is 2.14 bits per heavy atom. The number of hydrogen-bond acceptors (Lipinski definition) is 3. The molecule has 2 bridgehead atoms. The van der Waals surface area contributed by atoms with E-state index in [9.17, 15) is 9.59 Å². The Labute approximate surface area is 125 Å². The molecule has 0 aromatic carbocycles. The Morgan fingerprint density at radius 3 is 2.67 bits per heavy atom. The van der Waals surface area contributed by atoms with Gasteiger partial charge in [0.15, 0.2) is 0 Å². The lowest BCUT2D eigenvalue weighted by Crippen LogP contribution is -2.44. The molecule has 120 valence electrons. The summed E-state index contributed by atoms with van der Waals surface area (Å²) in [5, 5.41) is 11.5. The normalized spacial score (nSPS) is 28.4. The highest BCUT2D eigenvalue weighted by molar-refractivity contribution is 5.74. The standard InChI is InChI=1S/C15H26N2O4/c1-17(9-12-6-10-3-4-11(12)5-10)15(20)16-8-13(21-2)7-14(18)19/h10-13H,3-9H2,1-2H3,(H,16,20)(H,18,19). The molecule has 2 aliphatic rings. The average Bonchev–Trinajstić information content (AvgIpc) is 3.04. The fraction of sp³-hybridized carbons (Fsp3) is 0.867. The number of carbonyl (C=O) groups excluding carboxylic acids is 1. The minimum absolute atomic E-state index is 0.104. The number of amides is 2. The predicted octanol–water partition coefficient (Wildman–Crippen LogP) is 1.55. The van der Waals surface area contributed by atoms with E-state index < -0.39 is 12.1 Å². The third-order valence-corrected chi connectivity index (χ3v) is 4.96. The van der Waals surface area contributed by atoms with Crippen LogP contribution in [0.2, 0.25) is 0 Å². The van der Waals surface area contributed by atoms with Gasteiger partial charge in [0.05, 0.1) is 12.5 Å². The third kappa shape index (κ3) is 4.33. The summed E-state index contributed by atoms with van der Waals surface area (Å²) in [5.74, 6) is 1.39. The number of nitrogens with one attached hydrogen (secondary N) is 1. The van der Waals surface area contributed by atoms with E-state index in [-0.39, 0.29) is 19.0 Å². The molecule has 0 spiro atoms. The topological polar surface area (TPSA) is 78.9 Å². The van der Waals surface area contributed by atoms with E-state index in [1.54, 1.807) is 11.9 Å². The fourth-order valence-corrected chi connectivity index (χ4v) is 3.80. The van der Waals surface area contributed by atoms with Crippen molar-refractivity contribution < 1.29 is 19.4 Å². The van der Waals surface area contributed by atoms with Crippen LogP contribution in [0.5, 0.6) is 0 Å². The zero-order chi connectivity index (χ0) is 15.4. The first-order chi connectivity index (χ1) is 9.99. The molecule has 0 aromatic rings. The van der Waals surface area contributed by atoms with Crippen molar-refractivity contribution in [3.8, 4) is 0 Å². The maximum absolute atomic E-state index is 12.1. The minimum atomic E-state index is -0.925. The van der Waals surface area contributed by atoms with E-state index in [1.807, 2.05) is 0 Å². The van der Waals surface area contributed by atoms with Crippen LogP contribution in [0.1, 0.15) is 32.1 Å². The molecule has 6 heteroatoms. The van der Waals surface area contributed by atoms with Gasteiger partial charge in [0, 0.05) is 27.2 Å². The monoisotopic (exact) mass is 298 g/mol. The molecule has 4 atom stereocenters. The molecule has 2 rings (SSSR count). The number of rotatable bonds is 7. The molecule has 2 fully saturated rings. The molecule has 21 heavy (non-hydrogen) atoms. The first-order valence-corrected chi connectivity index (χ1v) is 7.73. The molecule has 2 aliphatic carbocycles. The summed E-state index contributed by atoms with van der Waals surface area (Å²) < 4.78 is 5.05. The molecule has 2 amide bonds. The van der Waals surface area contributed by atoms with Crippen molar-refractivity contribution in [3.63, 3.8) is 0 Å².